The number of hydrogen-bond donors (Lipinski definition) is 1. The van der Waals surface area contributed by atoms with Crippen LogP contribution in [0, 0.1) is 0 Å². The normalized spacial score (nSPS) is 11.1. The number of benzene rings is 1. The Morgan fingerprint density at radius 3 is 2.71 bits per heavy atom. The van der Waals surface area contributed by atoms with Gasteiger partial charge in [-0.05, 0) is 43.8 Å². The first-order chi connectivity index (χ1) is 8.13. The Bertz CT molecular complexity index is 342. The van der Waals surface area contributed by atoms with Gasteiger partial charge in [-0.1, -0.05) is 30.1 Å². The Morgan fingerprint density at radius 1 is 1.24 bits per heavy atom. The molecule has 0 saturated heterocycles. The minimum absolute atomic E-state index is 0.750. The van der Waals surface area contributed by atoms with E-state index in [1.54, 1.807) is 0 Å². The van der Waals surface area contributed by atoms with Gasteiger partial charge in [-0.15, -0.1) is 0 Å². The van der Waals surface area contributed by atoms with Crippen LogP contribution in [0.4, 0.5) is 0 Å². The third kappa shape index (κ3) is 5.73. The SMILES string of the molecule is CCNCCN(C)CCc1cc(Cl)ccc1Cl. The third-order valence-corrected chi connectivity index (χ3v) is 3.29. The molecule has 0 amide bonds. The second kappa shape index (κ2) is 7.93. The van der Waals surface area contributed by atoms with E-state index in [2.05, 4.69) is 24.2 Å². The molecule has 0 heterocycles. The molecule has 0 bridgehead atoms. The van der Waals surface area contributed by atoms with Crippen LogP contribution in [0.25, 0.3) is 0 Å². The summed E-state index contributed by atoms with van der Waals surface area (Å²) in [5.74, 6) is 0. The van der Waals surface area contributed by atoms with Gasteiger partial charge in [0, 0.05) is 29.7 Å². The predicted octanol–water partition coefficient (Wildman–Crippen LogP) is 3.08. The Kier molecular flexibility index (Phi) is 6.90. The quantitative estimate of drug-likeness (QED) is 0.769. The highest BCUT2D eigenvalue weighted by Gasteiger charge is 2.03. The molecular weight excluding hydrogens is 255 g/mol. The molecule has 0 atom stereocenters. The second-order valence-electron chi connectivity index (χ2n) is 4.14. The van der Waals surface area contributed by atoms with Crippen molar-refractivity contribution in [3.05, 3.63) is 33.8 Å². The minimum atomic E-state index is 0.750. The summed E-state index contributed by atoms with van der Waals surface area (Å²) in [6.07, 6.45) is 0.933. The van der Waals surface area contributed by atoms with E-state index in [-0.39, 0.29) is 0 Å². The summed E-state index contributed by atoms with van der Waals surface area (Å²) in [6, 6.07) is 5.63. The summed E-state index contributed by atoms with van der Waals surface area (Å²) >= 11 is 12.1. The molecule has 0 spiro atoms. The van der Waals surface area contributed by atoms with Crippen molar-refractivity contribution in [3.63, 3.8) is 0 Å². The summed E-state index contributed by atoms with van der Waals surface area (Å²) in [5, 5.41) is 4.86. The lowest BCUT2D eigenvalue weighted by Gasteiger charge is -2.17. The van der Waals surface area contributed by atoms with Crippen LogP contribution < -0.4 is 5.32 Å². The molecule has 2 nitrogen and oxygen atoms in total. The molecule has 1 N–H and O–H groups in total. The van der Waals surface area contributed by atoms with E-state index in [0.29, 0.717) is 0 Å². The maximum Gasteiger partial charge on any atom is 0.0439 e. The third-order valence-electron chi connectivity index (χ3n) is 2.69. The Morgan fingerprint density at radius 2 is 2.00 bits per heavy atom. The molecule has 0 aliphatic heterocycles. The number of nitrogens with one attached hydrogen (secondary N) is 1. The molecule has 4 heteroatoms. The lowest BCUT2D eigenvalue weighted by Crippen LogP contribution is -2.30. The van der Waals surface area contributed by atoms with Crippen molar-refractivity contribution in [1.82, 2.24) is 10.2 Å². The molecule has 1 aromatic rings. The fourth-order valence-electron chi connectivity index (χ4n) is 1.60. The van der Waals surface area contributed by atoms with E-state index in [0.717, 1.165) is 48.2 Å². The Labute approximate surface area is 114 Å². The van der Waals surface area contributed by atoms with Crippen molar-refractivity contribution >= 4 is 23.2 Å². The Hall–Kier alpha value is -0.280. The van der Waals surface area contributed by atoms with Crippen LogP contribution in [0.1, 0.15) is 12.5 Å². The van der Waals surface area contributed by atoms with Gasteiger partial charge in [0.1, 0.15) is 0 Å². The molecule has 0 aliphatic rings. The maximum absolute atomic E-state index is 6.12. The van der Waals surface area contributed by atoms with Crippen LogP contribution in [0.15, 0.2) is 18.2 Å². The van der Waals surface area contributed by atoms with Crippen molar-refractivity contribution in [2.75, 3.05) is 33.2 Å². The van der Waals surface area contributed by atoms with Crippen molar-refractivity contribution in [3.8, 4) is 0 Å². The molecule has 0 radical (unpaired) electrons. The maximum atomic E-state index is 6.12. The van der Waals surface area contributed by atoms with Gasteiger partial charge >= 0.3 is 0 Å². The van der Waals surface area contributed by atoms with Gasteiger partial charge in [-0.3, -0.25) is 0 Å². The summed E-state index contributed by atoms with van der Waals surface area (Å²) in [5.41, 5.74) is 1.12. The molecule has 0 unspecified atom stereocenters. The lowest BCUT2D eigenvalue weighted by molar-refractivity contribution is 0.337. The first-order valence-electron chi connectivity index (χ1n) is 5.96. The van der Waals surface area contributed by atoms with Gasteiger partial charge in [-0.25, -0.2) is 0 Å². The monoisotopic (exact) mass is 274 g/mol. The van der Waals surface area contributed by atoms with Gasteiger partial charge in [0.15, 0.2) is 0 Å². The van der Waals surface area contributed by atoms with Crippen molar-refractivity contribution in [2.45, 2.75) is 13.3 Å². The number of likely N-dealkylation sites (N-methyl/N-ethyl adjacent to an activating group) is 2. The fourth-order valence-corrected chi connectivity index (χ4v) is 2.01. The molecule has 96 valence electrons. The molecule has 1 aromatic carbocycles. The minimum Gasteiger partial charge on any atom is -0.316 e. The standard InChI is InChI=1S/C13H20Cl2N2/c1-3-16-7-9-17(2)8-6-11-10-12(14)4-5-13(11)15/h4-5,10,16H,3,6-9H2,1-2H3. The predicted molar refractivity (Wildman–Crippen MR) is 76.2 cm³/mol. The van der Waals surface area contributed by atoms with Crippen LogP contribution in [-0.4, -0.2) is 38.1 Å². The summed E-state index contributed by atoms with van der Waals surface area (Å²) in [4.78, 5) is 2.29. The van der Waals surface area contributed by atoms with Crippen LogP contribution in [-0.2, 0) is 6.42 Å². The van der Waals surface area contributed by atoms with Crippen LogP contribution in [0.5, 0.6) is 0 Å². The molecular formula is C13H20Cl2N2. The highest BCUT2D eigenvalue weighted by Crippen LogP contribution is 2.21. The molecule has 0 fully saturated rings. The molecule has 0 saturated carbocycles. The zero-order valence-corrected chi connectivity index (χ0v) is 12.0. The highest BCUT2D eigenvalue weighted by molar-refractivity contribution is 6.33. The van der Waals surface area contributed by atoms with Gasteiger partial charge in [-0.2, -0.15) is 0 Å². The topological polar surface area (TPSA) is 15.3 Å². The van der Waals surface area contributed by atoms with E-state index in [1.807, 2.05) is 18.2 Å². The van der Waals surface area contributed by atoms with E-state index in [9.17, 15) is 0 Å². The summed E-state index contributed by atoms with van der Waals surface area (Å²) < 4.78 is 0. The highest BCUT2D eigenvalue weighted by atomic mass is 35.5. The zero-order valence-electron chi connectivity index (χ0n) is 10.5. The smallest absolute Gasteiger partial charge is 0.0439 e. The van der Waals surface area contributed by atoms with Crippen molar-refractivity contribution in [1.29, 1.82) is 0 Å². The van der Waals surface area contributed by atoms with Gasteiger partial charge < -0.3 is 10.2 Å². The molecule has 1 rings (SSSR count). The number of hydrogen-bond acceptors (Lipinski definition) is 2. The summed E-state index contributed by atoms with van der Waals surface area (Å²) in [6.45, 7) is 6.20. The van der Waals surface area contributed by atoms with Crippen molar-refractivity contribution in [2.24, 2.45) is 0 Å². The zero-order chi connectivity index (χ0) is 12.7. The van der Waals surface area contributed by atoms with Crippen LogP contribution in [0.3, 0.4) is 0 Å². The van der Waals surface area contributed by atoms with Crippen LogP contribution >= 0.6 is 23.2 Å². The van der Waals surface area contributed by atoms with E-state index < -0.39 is 0 Å². The Balaban J connectivity index is 2.36. The molecule has 17 heavy (non-hydrogen) atoms. The van der Waals surface area contributed by atoms with E-state index >= 15 is 0 Å². The summed E-state index contributed by atoms with van der Waals surface area (Å²) in [7, 11) is 2.12. The van der Waals surface area contributed by atoms with Crippen LogP contribution in [0.2, 0.25) is 10.0 Å². The van der Waals surface area contributed by atoms with Gasteiger partial charge in [0.25, 0.3) is 0 Å². The molecule has 0 aromatic heterocycles. The van der Waals surface area contributed by atoms with Gasteiger partial charge in [0.2, 0.25) is 0 Å². The van der Waals surface area contributed by atoms with E-state index in [1.165, 1.54) is 0 Å². The van der Waals surface area contributed by atoms with Gasteiger partial charge in [0.05, 0.1) is 0 Å². The average molecular weight is 275 g/mol. The van der Waals surface area contributed by atoms with Crippen molar-refractivity contribution < 1.29 is 0 Å². The molecule has 0 aliphatic carbocycles. The average Bonchev–Trinajstić information content (AvgIpc) is 2.31. The second-order valence-corrected chi connectivity index (χ2v) is 4.99. The lowest BCUT2D eigenvalue weighted by atomic mass is 10.1. The first-order valence-corrected chi connectivity index (χ1v) is 6.72. The number of nitrogens with zero attached hydrogens (tertiary/aromatic N) is 1. The first kappa shape index (κ1) is 14.8. The number of halogens is 2. The fraction of sp³-hybridized carbons (Fsp3) is 0.538. The largest absolute Gasteiger partial charge is 0.316 e. The number of rotatable bonds is 7. The van der Waals surface area contributed by atoms with E-state index in [4.69, 9.17) is 23.2 Å².